The van der Waals surface area contributed by atoms with E-state index >= 15 is 0 Å². The average Bonchev–Trinajstić information content (AvgIpc) is 2.24. The zero-order valence-corrected chi connectivity index (χ0v) is 6.81. The summed E-state index contributed by atoms with van der Waals surface area (Å²) in [5, 5.41) is 0. The van der Waals surface area contributed by atoms with Gasteiger partial charge in [-0.2, -0.15) is 0 Å². The molecule has 1 fully saturated rings. The summed E-state index contributed by atoms with van der Waals surface area (Å²) < 4.78 is 60.1. The lowest BCUT2D eigenvalue weighted by atomic mass is 10.2. The molecule has 2 heterocycles. The van der Waals surface area contributed by atoms with Crippen LogP contribution < -0.4 is 4.90 Å². The number of anilines is 1. The maximum absolute atomic E-state index is 7.58. The molecule has 1 aliphatic rings. The first-order chi connectivity index (χ1) is 8.44. The van der Waals surface area contributed by atoms with Gasteiger partial charge in [-0.1, -0.05) is 0 Å². The SMILES string of the molecule is [2H]c1nc(N2C([2H])([2H])C([2H])([2H])C2([2H])[2H])nc([2H])c1Br. The second-order valence-electron chi connectivity index (χ2n) is 1.75. The van der Waals surface area contributed by atoms with E-state index in [0.717, 1.165) is 0 Å². The molecule has 1 saturated heterocycles. The smallest absolute Gasteiger partial charge is 0.225 e. The number of hydrogen-bond donors (Lipinski definition) is 0. The third-order valence-electron chi connectivity index (χ3n) is 1.04. The molecule has 1 aromatic heterocycles. The maximum Gasteiger partial charge on any atom is 0.225 e. The van der Waals surface area contributed by atoms with Crippen LogP contribution in [0.25, 0.3) is 0 Å². The van der Waals surface area contributed by atoms with Crippen molar-refractivity contribution in [2.45, 2.75) is 6.37 Å². The molecule has 0 amide bonds. The van der Waals surface area contributed by atoms with E-state index < -0.39 is 37.7 Å². The largest absolute Gasteiger partial charge is 0.341 e. The summed E-state index contributed by atoms with van der Waals surface area (Å²) in [4.78, 5) is 7.57. The molecule has 3 nitrogen and oxygen atoms in total. The van der Waals surface area contributed by atoms with Gasteiger partial charge in [0.25, 0.3) is 0 Å². The Kier molecular flexibility index (Phi) is 0.610. The van der Waals surface area contributed by atoms with Gasteiger partial charge in [0, 0.05) is 33.6 Å². The molecule has 0 atom stereocenters. The van der Waals surface area contributed by atoms with Crippen LogP contribution in [0, 0.1) is 0 Å². The van der Waals surface area contributed by atoms with Crippen LogP contribution in [0.1, 0.15) is 17.3 Å². The first-order valence-corrected chi connectivity index (χ1v) is 3.55. The first-order valence-electron chi connectivity index (χ1n) is 6.75. The number of aromatic nitrogens is 2. The number of nitrogens with zero attached hydrogens (tertiary/aromatic N) is 3. The van der Waals surface area contributed by atoms with Crippen molar-refractivity contribution in [3.05, 3.63) is 16.8 Å². The molecular weight excluding hydrogens is 206 g/mol. The summed E-state index contributed by atoms with van der Waals surface area (Å²) in [6, 6.07) is 0. The molecule has 0 unspecified atom stereocenters. The Morgan fingerprint density at radius 2 is 2.18 bits per heavy atom. The van der Waals surface area contributed by atoms with E-state index in [9.17, 15) is 0 Å². The molecule has 0 saturated carbocycles. The fourth-order valence-electron chi connectivity index (χ4n) is 0.560. The Balaban J connectivity index is 2.55. The van der Waals surface area contributed by atoms with Gasteiger partial charge in [0.1, 0.15) is 0 Å². The molecule has 58 valence electrons. The summed E-state index contributed by atoms with van der Waals surface area (Å²) >= 11 is 2.90. The van der Waals surface area contributed by atoms with Crippen LogP contribution in [-0.2, 0) is 0 Å². The van der Waals surface area contributed by atoms with E-state index in [4.69, 9.17) is 11.0 Å². The van der Waals surface area contributed by atoms with Gasteiger partial charge in [0.15, 0.2) is 0 Å². The number of hydrogen-bond acceptors (Lipinski definition) is 3. The normalized spacial score (nSPS) is 40.6. The zero-order chi connectivity index (χ0) is 14.8. The lowest BCUT2D eigenvalue weighted by Gasteiger charge is -2.30. The van der Waals surface area contributed by atoms with Gasteiger partial charge < -0.3 is 4.90 Å². The Bertz CT molecular complexity index is 506. The van der Waals surface area contributed by atoms with Crippen molar-refractivity contribution >= 4 is 21.9 Å². The van der Waals surface area contributed by atoms with E-state index in [1.165, 1.54) is 0 Å². The minimum Gasteiger partial charge on any atom is -0.341 e. The number of halogens is 1. The standard InChI is InChI=1S/C7H8BrN3/c8-6-4-9-7(10-5-6)11-2-1-3-11/h4-5H,1-3H2/i1D2,2D2,3D2,4D,5D. The molecule has 0 bridgehead atoms. The van der Waals surface area contributed by atoms with Crippen molar-refractivity contribution in [1.82, 2.24) is 9.97 Å². The Morgan fingerprint density at radius 3 is 2.82 bits per heavy atom. The van der Waals surface area contributed by atoms with Crippen molar-refractivity contribution in [2.75, 3.05) is 17.9 Å². The lowest BCUT2D eigenvalue weighted by molar-refractivity contribution is 0.600. The van der Waals surface area contributed by atoms with Crippen LogP contribution >= 0.6 is 15.9 Å². The van der Waals surface area contributed by atoms with E-state index in [1.807, 2.05) is 0 Å². The average molecular weight is 222 g/mol. The fourth-order valence-corrected chi connectivity index (χ4v) is 0.737. The second kappa shape index (κ2) is 2.77. The molecule has 1 aliphatic heterocycles. The van der Waals surface area contributed by atoms with Crippen LogP contribution in [0.4, 0.5) is 5.95 Å². The topological polar surface area (TPSA) is 29.0 Å². The Hall–Kier alpha value is -0.640. The fraction of sp³-hybridized carbons (Fsp3) is 0.429. The molecule has 1 aromatic rings. The van der Waals surface area contributed by atoms with Crippen molar-refractivity contribution in [3.8, 4) is 0 Å². The molecule has 4 heteroatoms. The van der Waals surface area contributed by atoms with Gasteiger partial charge >= 0.3 is 0 Å². The third kappa shape index (κ3) is 1.35. The summed E-state index contributed by atoms with van der Waals surface area (Å²) in [6.45, 7) is -5.33. The maximum atomic E-state index is 7.58. The Labute approximate surface area is 84.8 Å². The molecule has 0 aromatic carbocycles. The summed E-state index contributed by atoms with van der Waals surface area (Å²) in [5.41, 5.74) is 0. The van der Waals surface area contributed by atoms with E-state index in [2.05, 4.69) is 25.9 Å². The first kappa shape index (κ1) is 2.42. The third-order valence-corrected chi connectivity index (χ3v) is 1.40. The highest BCUT2D eigenvalue weighted by Gasteiger charge is 2.15. The van der Waals surface area contributed by atoms with Crippen LogP contribution in [0.2, 0.25) is 0 Å². The van der Waals surface area contributed by atoms with Crippen LogP contribution in [0.3, 0.4) is 0 Å². The van der Waals surface area contributed by atoms with Gasteiger partial charge in [0.2, 0.25) is 5.95 Å². The highest BCUT2D eigenvalue weighted by Crippen LogP contribution is 2.15. The van der Waals surface area contributed by atoms with E-state index in [1.54, 1.807) is 0 Å². The molecule has 0 aliphatic carbocycles. The monoisotopic (exact) mass is 221 g/mol. The predicted octanol–water partition coefficient (Wildman–Crippen LogP) is 1.45. The van der Waals surface area contributed by atoms with E-state index in [0.29, 0.717) is 4.90 Å². The summed E-state index contributed by atoms with van der Waals surface area (Å²) in [5.74, 6) is -0.525. The van der Waals surface area contributed by atoms with Gasteiger partial charge in [-0.3, -0.25) is 0 Å². The predicted molar refractivity (Wildman–Crippen MR) is 46.6 cm³/mol. The van der Waals surface area contributed by atoms with Crippen LogP contribution in [0.15, 0.2) is 16.8 Å². The summed E-state index contributed by atoms with van der Waals surface area (Å²) in [7, 11) is 0. The molecule has 2 rings (SSSR count). The van der Waals surface area contributed by atoms with E-state index in [-0.39, 0.29) is 4.47 Å². The van der Waals surface area contributed by atoms with Gasteiger partial charge in [-0.25, -0.2) is 9.97 Å². The van der Waals surface area contributed by atoms with Crippen LogP contribution in [0.5, 0.6) is 0 Å². The Morgan fingerprint density at radius 1 is 1.55 bits per heavy atom. The highest BCUT2D eigenvalue weighted by atomic mass is 79.9. The summed E-state index contributed by atoms with van der Waals surface area (Å²) in [6.07, 6.45) is -3.54. The van der Waals surface area contributed by atoms with Crippen molar-refractivity contribution < 1.29 is 11.0 Å². The van der Waals surface area contributed by atoms with Gasteiger partial charge in [0.05, 0.1) is 7.21 Å². The molecule has 11 heavy (non-hydrogen) atoms. The zero-order valence-electron chi connectivity index (χ0n) is 13.2. The molecular formula is C7H8BrN3. The van der Waals surface area contributed by atoms with Crippen LogP contribution in [-0.4, -0.2) is 23.0 Å². The lowest BCUT2D eigenvalue weighted by Crippen LogP contribution is -2.38. The number of rotatable bonds is 1. The molecule has 0 spiro atoms. The molecule has 0 N–H and O–H groups in total. The van der Waals surface area contributed by atoms with Crippen molar-refractivity contribution in [2.24, 2.45) is 0 Å². The van der Waals surface area contributed by atoms with Crippen molar-refractivity contribution in [3.63, 3.8) is 0 Å². The van der Waals surface area contributed by atoms with Gasteiger partial charge in [-0.05, 0) is 22.3 Å². The quantitative estimate of drug-likeness (QED) is 0.720. The van der Waals surface area contributed by atoms with Gasteiger partial charge in [-0.15, -0.1) is 0 Å². The highest BCUT2D eigenvalue weighted by molar-refractivity contribution is 9.10. The second-order valence-corrected chi connectivity index (χ2v) is 2.54. The minimum atomic E-state index is -2.75. The molecule has 0 radical (unpaired) electrons. The van der Waals surface area contributed by atoms with Crippen molar-refractivity contribution in [1.29, 1.82) is 0 Å². The minimum absolute atomic E-state index is 0.000839.